The zero-order valence-electron chi connectivity index (χ0n) is 10.6. The highest BCUT2D eigenvalue weighted by Crippen LogP contribution is 2.19. The number of benzene rings is 2. The molecule has 0 fully saturated rings. The normalized spacial score (nSPS) is 9.85. The van der Waals surface area contributed by atoms with Crippen LogP contribution in [0.5, 0.6) is 5.75 Å². The Balaban J connectivity index is 2.04. The molecular weight excluding hydrogens is 262 g/mol. The first-order valence-electron chi connectivity index (χ1n) is 5.97. The maximum Gasteiger partial charge on any atom is 0.181 e. The quantitative estimate of drug-likeness (QED) is 0.907. The molecule has 5 heteroatoms. The zero-order chi connectivity index (χ0) is 14.4. The molecule has 0 amide bonds. The van der Waals surface area contributed by atoms with Crippen LogP contribution in [-0.2, 0) is 6.54 Å². The van der Waals surface area contributed by atoms with E-state index in [9.17, 15) is 8.78 Å². The van der Waals surface area contributed by atoms with E-state index in [2.05, 4.69) is 5.32 Å². The van der Waals surface area contributed by atoms with E-state index in [0.29, 0.717) is 12.3 Å². The zero-order valence-corrected chi connectivity index (χ0v) is 10.6. The van der Waals surface area contributed by atoms with E-state index in [1.807, 2.05) is 12.1 Å². The summed E-state index contributed by atoms with van der Waals surface area (Å²) in [7, 11) is 0. The number of ether oxygens (including phenoxy) is 1. The maximum absolute atomic E-state index is 13.5. The van der Waals surface area contributed by atoms with Crippen molar-refractivity contribution in [1.29, 1.82) is 5.26 Å². The maximum atomic E-state index is 13.5. The standard InChI is InChI=1S/C15H12F2N2O/c16-13-5-2-6-14(15(13)17)19-10-11-3-1-4-12(9-11)20-8-7-18/h1-6,9,19H,8,10H2. The molecule has 0 unspecified atom stereocenters. The molecule has 0 atom stereocenters. The summed E-state index contributed by atoms with van der Waals surface area (Å²) < 4.78 is 31.7. The SMILES string of the molecule is N#CCOc1cccc(CNc2cccc(F)c2F)c1. The number of anilines is 1. The van der Waals surface area contributed by atoms with E-state index in [4.69, 9.17) is 10.00 Å². The summed E-state index contributed by atoms with van der Waals surface area (Å²) in [5.41, 5.74) is 0.942. The van der Waals surface area contributed by atoms with Crippen molar-refractivity contribution in [3.63, 3.8) is 0 Å². The summed E-state index contributed by atoms with van der Waals surface area (Å²) in [4.78, 5) is 0. The minimum absolute atomic E-state index is 0.0323. The Hall–Kier alpha value is -2.61. The van der Waals surface area contributed by atoms with Gasteiger partial charge in [-0.3, -0.25) is 0 Å². The van der Waals surface area contributed by atoms with Gasteiger partial charge in [0.15, 0.2) is 18.2 Å². The van der Waals surface area contributed by atoms with Crippen molar-refractivity contribution in [1.82, 2.24) is 0 Å². The minimum atomic E-state index is -0.899. The van der Waals surface area contributed by atoms with Gasteiger partial charge < -0.3 is 10.1 Å². The molecule has 3 nitrogen and oxygen atoms in total. The Morgan fingerprint density at radius 2 is 1.95 bits per heavy atom. The molecule has 0 aliphatic rings. The van der Waals surface area contributed by atoms with Gasteiger partial charge in [0.1, 0.15) is 11.8 Å². The lowest BCUT2D eigenvalue weighted by molar-refractivity contribution is 0.368. The highest BCUT2D eigenvalue weighted by Gasteiger charge is 2.07. The molecule has 0 spiro atoms. The van der Waals surface area contributed by atoms with Crippen molar-refractivity contribution in [3.8, 4) is 11.8 Å². The average molecular weight is 274 g/mol. The first-order chi connectivity index (χ1) is 9.70. The predicted octanol–water partition coefficient (Wildman–Crippen LogP) is 3.48. The topological polar surface area (TPSA) is 45.0 Å². The van der Waals surface area contributed by atoms with E-state index >= 15 is 0 Å². The molecule has 0 aromatic heterocycles. The lowest BCUT2D eigenvalue weighted by Gasteiger charge is -2.09. The molecule has 0 aliphatic heterocycles. The summed E-state index contributed by atoms with van der Waals surface area (Å²) in [5.74, 6) is -1.23. The molecule has 102 valence electrons. The summed E-state index contributed by atoms with van der Waals surface area (Å²) in [5, 5.41) is 11.3. The second kappa shape index (κ2) is 6.53. The van der Waals surface area contributed by atoms with Gasteiger partial charge in [0.2, 0.25) is 0 Å². The van der Waals surface area contributed by atoms with Crippen molar-refractivity contribution in [2.75, 3.05) is 11.9 Å². The molecule has 0 saturated heterocycles. The Morgan fingerprint density at radius 1 is 1.15 bits per heavy atom. The van der Waals surface area contributed by atoms with Crippen LogP contribution in [0.15, 0.2) is 42.5 Å². The smallest absolute Gasteiger partial charge is 0.181 e. The van der Waals surface area contributed by atoms with Crippen LogP contribution >= 0.6 is 0 Å². The van der Waals surface area contributed by atoms with Gasteiger partial charge in [-0.1, -0.05) is 18.2 Å². The summed E-state index contributed by atoms with van der Waals surface area (Å²) in [6.45, 7) is 0.291. The van der Waals surface area contributed by atoms with E-state index in [0.717, 1.165) is 11.6 Å². The summed E-state index contributed by atoms with van der Waals surface area (Å²) in [6.07, 6.45) is 0. The number of nitriles is 1. The van der Waals surface area contributed by atoms with Gasteiger partial charge in [-0.15, -0.1) is 0 Å². The van der Waals surface area contributed by atoms with E-state index in [-0.39, 0.29) is 12.3 Å². The molecule has 0 radical (unpaired) electrons. The number of nitrogens with zero attached hydrogens (tertiary/aromatic N) is 1. The molecule has 2 aromatic carbocycles. The van der Waals surface area contributed by atoms with Crippen LogP contribution < -0.4 is 10.1 Å². The Morgan fingerprint density at radius 3 is 2.75 bits per heavy atom. The van der Waals surface area contributed by atoms with Gasteiger partial charge in [0, 0.05) is 6.54 Å². The van der Waals surface area contributed by atoms with Gasteiger partial charge in [0.05, 0.1) is 5.69 Å². The third kappa shape index (κ3) is 3.45. The van der Waals surface area contributed by atoms with Crippen molar-refractivity contribution < 1.29 is 13.5 Å². The van der Waals surface area contributed by atoms with Gasteiger partial charge in [-0.2, -0.15) is 5.26 Å². The third-order valence-corrected chi connectivity index (χ3v) is 2.64. The molecular formula is C15H12F2N2O. The van der Waals surface area contributed by atoms with Crippen LogP contribution in [0.4, 0.5) is 14.5 Å². The predicted molar refractivity (Wildman–Crippen MR) is 71.2 cm³/mol. The molecule has 20 heavy (non-hydrogen) atoms. The molecule has 0 bridgehead atoms. The van der Waals surface area contributed by atoms with Crippen molar-refractivity contribution in [3.05, 3.63) is 59.7 Å². The van der Waals surface area contributed by atoms with Crippen LogP contribution in [0.25, 0.3) is 0 Å². The Bertz CT molecular complexity index is 638. The van der Waals surface area contributed by atoms with Crippen molar-refractivity contribution in [2.45, 2.75) is 6.54 Å². The van der Waals surface area contributed by atoms with E-state index < -0.39 is 11.6 Å². The summed E-state index contributed by atoms with van der Waals surface area (Å²) in [6, 6.07) is 12.9. The molecule has 0 heterocycles. The van der Waals surface area contributed by atoms with Gasteiger partial charge >= 0.3 is 0 Å². The van der Waals surface area contributed by atoms with E-state index in [1.165, 1.54) is 12.1 Å². The first kappa shape index (κ1) is 13.8. The second-order valence-corrected chi connectivity index (χ2v) is 4.05. The fraction of sp³-hybridized carbons (Fsp3) is 0.133. The third-order valence-electron chi connectivity index (χ3n) is 2.64. The highest BCUT2D eigenvalue weighted by molar-refractivity contribution is 5.45. The summed E-state index contributed by atoms with van der Waals surface area (Å²) >= 11 is 0. The Labute approximate surface area is 115 Å². The molecule has 2 rings (SSSR count). The van der Waals surface area contributed by atoms with Crippen LogP contribution in [0.1, 0.15) is 5.56 Å². The second-order valence-electron chi connectivity index (χ2n) is 4.05. The number of hydrogen-bond acceptors (Lipinski definition) is 3. The van der Waals surface area contributed by atoms with Crippen LogP contribution in [0, 0.1) is 23.0 Å². The number of hydrogen-bond donors (Lipinski definition) is 1. The average Bonchev–Trinajstić information content (AvgIpc) is 2.47. The van der Waals surface area contributed by atoms with Gasteiger partial charge in [-0.25, -0.2) is 8.78 Å². The van der Waals surface area contributed by atoms with Crippen LogP contribution in [0.3, 0.4) is 0 Å². The van der Waals surface area contributed by atoms with Crippen molar-refractivity contribution in [2.24, 2.45) is 0 Å². The van der Waals surface area contributed by atoms with Crippen LogP contribution in [-0.4, -0.2) is 6.61 Å². The van der Waals surface area contributed by atoms with E-state index in [1.54, 1.807) is 18.2 Å². The number of halogens is 2. The van der Waals surface area contributed by atoms with Gasteiger partial charge in [-0.05, 0) is 29.8 Å². The minimum Gasteiger partial charge on any atom is -0.479 e. The largest absolute Gasteiger partial charge is 0.479 e. The molecule has 1 N–H and O–H groups in total. The lowest BCUT2D eigenvalue weighted by Crippen LogP contribution is -2.03. The molecule has 0 aliphatic carbocycles. The Kier molecular flexibility index (Phi) is 4.51. The van der Waals surface area contributed by atoms with Crippen molar-refractivity contribution >= 4 is 5.69 Å². The van der Waals surface area contributed by atoms with Gasteiger partial charge in [0.25, 0.3) is 0 Å². The fourth-order valence-corrected chi connectivity index (χ4v) is 1.70. The monoisotopic (exact) mass is 274 g/mol. The van der Waals surface area contributed by atoms with Crippen LogP contribution in [0.2, 0.25) is 0 Å². The molecule has 2 aromatic rings. The number of rotatable bonds is 5. The first-order valence-corrected chi connectivity index (χ1v) is 5.97. The number of nitrogens with one attached hydrogen (secondary N) is 1. The molecule has 0 saturated carbocycles. The lowest BCUT2D eigenvalue weighted by atomic mass is 10.2. The fourth-order valence-electron chi connectivity index (χ4n) is 1.70. The highest BCUT2D eigenvalue weighted by atomic mass is 19.2.